The van der Waals surface area contributed by atoms with Crippen LogP contribution in [0.5, 0.6) is 0 Å². The van der Waals surface area contributed by atoms with Gasteiger partial charge in [-0.3, -0.25) is 0 Å². The number of para-hydroxylation sites is 1. The van der Waals surface area contributed by atoms with E-state index in [1.54, 1.807) is 6.33 Å². The van der Waals surface area contributed by atoms with Crippen LogP contribution in [0.25, 0.3) is 10.9 Å². The standard InChI is InChI=1S/C17H16FN3/c1-12(10-13-6-8-14(18)9-7-13)21-17-15-4-2-3-5-16(15)19-11-20-17/h2-9,11-12H,10H2,1H3,(H,19,20,21). The largest absolute Gasteiger partial charge is 0.367 e. The molecule has 106 valence electrons. The molecular weight excluding hydrogens is 265 g/mol. The molecule has 2 aromatic carbocycles. The summed E-state index contributed by atoms with van der Waals surface area (Å²) in [4.78, 5) is 8.57. The summed E-state index contributed by atoms with van der Waals surface area (Å²) >= 11 is 0. The van der Waals surface area contributed by atoms with Crippen LogP contribution in [-0.2, 0) is 6.42 Å². The van der Waals surface area contributed by atoms with Gasteiger partial charge >= 0.3 is 0 Å². The van der Waals surface area contributed by atoms with E-state index in [-0.39, 0.29) is 11.9 Å². The number of anilines is 1. The van der Waals surface area contributed by atoms with E-state index in [0.717, 1.165) is 28.7 Å². The molecule has 0 aliphatic rings. The van der Waals surface area contributed by atoms with E-state index in [4.69, 9.17) is 0 Å². The quantitative estimate of drug-likeness (QED) is 0.790. The predicted molar refractivity (Wildman–Crippen MR) is 82.7 cm³/mol. The summed E-state index contributed by atoms with van der Waals surface area (Å²) in [6.45, 7) is 2.08. The van der Waals surface area contributed by atoms with Gasteiger partial charge in [0.2, 0.25) is 0 Å². The summed E-state index contributed by atoms with van der Waals surface area (Å²) in [5.41, 5.74) is 2.01. The normalized spacial score (nSPS) is 12.3. The maximum atomic E-state index is 12.9. The minimum Gasteiger partial charge on any atom is -0.367 e. The van der Waals surface area contributed by atoms with Gasteiger partial charge in [0.05, 0.1) is 5.52 Å². The summed E-state index contributed by atoms with van der Waals surface area (Å²) in [6.07, 6.45) is 2.37. The summed E-state index contributed by atoms with van der Waals surface area (Å²) in [7, 11) is 0. The molecule has 1 unspecified atom stereocenters. The highest BCUT2D eigenvalue weighted by atomic mass is 19.1. The summed E-state index contributed by atoms with van der Waals surface area (Å²) in [6, 6.07) is 14.7. The molecule has 21 heavy (non-hydrogen) atoms. The molecule has 0 saturated heterocycles. The smallest absolute Gasteiger partial charge is 0.137 e. The molecule has 0 aliphatic heterocycles. The molecule has 0 spiro atoms. The van der Waals surface area contributed by atoms with Crippen molar-refractivity contribution in [1.82, 2.24) is 9.97 Å². The Morgan fingerprint density at radius 3 is 2.62 bits per heavy atom. The zero-order valence-electron chi connectivity index (χ0n) is 11.8. The van der Waals surface area contributed by atoms with Gasteiger partial charge in [0.15, 0.2) is 0 Å². The van der Waals surface area contributed by atoms with Crippen molar-refractivity contribution in [2.75, 3.05) is 5.32 Å². The lowest BCUT2D eigenvalue weighted by Crippen LogP contribution is -2.19. The Morgan fingerprint density at radius 2 is 1.81 bits per heavy atom. The number of hydrogen-bond donors (Lipinski definition) is 1. The van der Waals surface area contributed by atoms with Crippen LogP contribution in [0.1, 0.15) is 12.5 Å². The lowest BCUT2D eigenvalue weighted by Gasteiger charge is -2.15. The Bertz CT molecular complexity index is 735. The van der Waals surface area contributed by atoms with Crippen LogP contribution in [0, 0.1) is 5.82 Å². The first-order valence-corrected chi connectivity index (χ1v) is 6.93. The Balaban J connectivity index is 1.77. The van der Waals surface area contributed by atoms with E-state index < -0.39 is 0 Å². The second kappa shape index (κ2) is 5.87. The number of nitrogens with zero attached hydrogens (tertiary/aromatic N) is 2. The number of fused-ring (bicyclic) bond motifs is 1. The van der Waals surface area contributed by atoms with Gasteiger partial charge in [-0.1, -0.05) is 24.3 Å². The van der Waals surface area contributed by atoms with E-state index in [1.165, 1.54) is 12.1 Å². The van der Waals surface area contributed by atoms with E-state index in [2.05, 4.69) is 22.2 Å². The molecule has 3 aromatic rings. The SMILES string of the molecule is CC(Cc1ccc(F)cc1)Nc1ncnc2ccccc12. The fourth-order valence-corrected chi connectivity index (χ4v) is 2.38. The van der Waals surface area contributed by atoms with Crippen LogP contribution in [0.15, 0.2) is 54.9 Å². The van der Waals surface area contributed by atoms with Crippen LogP contribution in [-0.4, -0.2) is 16.0 Å². The van der Waals surface area contributed by atoms with Crippen molar-refractivity contribution in [3.63, 3.8) is 0 Å². The van der Waals surface area contributed by atoms with Crippen molar-refractivity contribution in [2.24, 2.45) is 0 Å². The van der Waals surface area contributed by atoms with Crippen molar-refractivity contribution < 1.29 is 4.39 Å². The van der Waals surface area contributed by atoms with Gasteiger partial charge in [0.1, 0.15) is 18.0 Å². The monoisotopic (exact) mass is 281 g/mol. The van der Waals surface area contributed by atoms with Crippen molar-refractivity contribution in [3.8, 4) is 0 Å². The molecule has 0 amide bonds. The number of benzene rings is 2. The third-order valence-electron chi connectivity index (χ3n) is 3.38. The molecule has 0 aliphatic carbocycles. The zero-order valence-corrected chi connectivity index (χ0v) is 11.8. The maximum Gasteiger partial charge on any atom is 0.137 e. The Kier molecular flexibility index (Phi) is 3.77. The van der Waals surface area contributed by atoms with Gasteiger partial charge < -0.3 is 5.32 Å². The number of rotatable bonds is 4. The van der Waals surface area contributed by atoms with Gasteiger partial charge in [0, 0.05) is 11.4 Å². The summed E-state index contributed by atoms with van der Waals surface area (Å²) < 4.78 is 12.9. The van der Waals surface area contributed by atoms with E-state index in [0.29, 0.717) is 0 Å². The predicted octanol–water partition coefficient (Wildman–Crippen LogP) is 3.81. The number of halogens is 1. The molecule has 0 fully saturated rings. The summed E-state index contributed by atoms with van der Waals surface area (Å²) in [5.74, 6) is 0.622. The third-order valence-corrected chi connectivity index (χ3v) is 3.38. The topological polar surface area (TPSA) is 37.8 Å². The maximum absolute atomic E-state index is 12.9. The highest BCUT2D eigenvalue weighted by molar-refractivity contribution is 5.88. The van der Waals surface area contributed by atoms with Gasteiger partial charge in [-0.25, -0.2) is 14.4 Å². The summed E-state index contributed by atoms with van der Waals surface area (Å²) in [5, 5.41) is 4.41. The van der Waals surface area contributed by atoms with E-state index in [1.807, 2.05) is 36.4 Å². The molecule has 0 saturated carbocycles. The second-order valence-electron chi connectivity index (χ2n) is 5.12. The molecule has 0 bridgehead atoms. The zero-order chi connectivity index (χ0) is 14.7. The molecule has 3 nitrogen and oxygen atoms in total. The molecule has 1 heterocycles. The van der Waals surface area contributed by atoms with Crippen molar-refractivity contribution in [2.45, 2.75) is 19.4 Å². The number of aromatic nitrogens is 2. The molecular formula is C17H16FN3. The second-order valence-corrected chi connectivity index (χ2v) is 5.12. The lowest BCUT2D eigenvalue weighted by atomic mass is 10.1. The molecule has 0 radical (unpaired) electrons. The van der Waals surface area contributed by atoms with Crippen molar-refractivity contribution in [3.05, 3.63) is 66.2 Å². The number of nitrogens with one attached hydrogen (secondary N) is 1. The average molecular weight is 281 g/mol. The highest BCUT2D eigenvalue weighted by Gasteiger charge is 2.08. The molecule has 1 aromatic heterocycles. The fourth-order valence-electron chi connectivity index (χ4n) is 2.38. The molecule has 3 rings (SSSR count). The van der Waals surface area contributed by atoms with Crippen LogP contribution in [0.4, 0.5) is 10.2 Å². The highest BCUT2D eigenvalue weighted by Crippen LogP contribution is 2.19. The first-order chi connectivity index (χ1) is 10.2. The Morgan fingerprint density at radius 1 is 1.05 bits per heavy atom. The van der Waals surface area contributed by atoms with Gasteiger partial charge in [0.25, 0.3) is 0 Å². The third kappa shape index (κ3) is 3.16. The van der Waals surface area contributed by atoms with E-state index >= 15 is 0 Å². The first kappa shape index (κ1) is 13.5. The molecule has 1 N–H and O–H groups in total. The van der Waals surface area contributed by atoms with Crippen molar-refractivity contribution in [1.29, 1.82) is 0 Å². The van der Waals surface area contributed by atoms with Crippen LogP contribution < -0.4 is 5.32 Å². The Hall–Kier alpha value is -2.49. The Labute approximate surface area is 122 Å². The first-order valence-electron chi connectivity index (χ1n) is 6.93. The van der Waals surface area contributed by atoms with E-state index in [9.17, 15) is 4.39 Å². The average Bonchev–Trinajstić information content (AvgIpc) is 2.50. The van der Waals surface area contributed by atoms with Crippen LogP contribution in [0.2, 0.25) is 0 Å². The van der Waals surface area contributed by atoms with Gasteiger partial charge in [-0.15, -0.1) is 0 Å². The molecule has 1 atom stereocenters. The van der Waals surface area contributed by atoms with Crippen LogP contribution >= 0.6 is 0 Å². The fraction of sp³-hybridized carbons (Fsp3) is 0.176. The van der Waals surface area contributed by atoms with Crippen molar-refractivity contribution >= 4 is 16.7 Å². The lowest BCUT2D eigenvalue weighted by molar-refractivity contribution is 0.626. The minimum atomic E-state index is -0.207. The molecule has 4 heteroatoms. The van der Waals surface area contributed by atoms with Gasteiger partial charge in [-0.2, -0.15) is 0 Å². The number of hydrogen-bond acceptors (Lipinski definition) is 3. The minimum absolute atomic E-state index is 0.189. The van der Waals surface area contributed by atoms with Gasteiger partial charge in [-0.05, 0) is 43.2 Å². The van der Waals surface area contributed by atoms with Crippen LogP contribution in [0.3, 0.4) is 0 Å².